The molecule has 1 N–H and O–H groups in total. The van der Waals surface area contributed by atoms with Crippen LogP contribution in [0.1, 0.15) is 43.8 Å². The van der Waals surface area contributed by atoms with Crippen molar-refractivity contribution in [2.45, 2.75) is 18.7 Å². The van der Waals surface area contributed by atoms with Crippen molar-refractivity contribution in [3.8, 4) is 0 Å². The van der Waals surface area contributed by atoms with Crippen LogP contribution in [0, 0.1) is 6.92 Å². The van der Waals surface area contributed by atoms with Crippen LogP contribution in [-0.4, -0.2) is 49.9 Å². The van der Waals surface area contributed by atoms with Crippen LogP contribution >= 0.6 is 0 Å². The highest BCUT2D eigenvalue weighted by Gasteiger charge is 2.42. The number of anilines is 1. The van der Waals surface area contributed by atoms with E-state index in [1.165, 1.54) is 38.1 Å². The lowest BCUT2D eigenvalue weighted by atomic mass is 10.1. The van der Waals surface area contributed by atoms with Crippen molar-refractivity contribution >= 4 is 39.5 Å². The van der Waals surface area contributed by atoms with Crippen LogP contribution in [0.3, 0.4) is 0 Å². The zero-order valence-corrected chi connectivity index (χ0v) is 16.5. The molecule has 2 heterocycles. The maximum Gasteiger partial charge on any atom is 0.344 e. The Kier molecular flexibility index (Phi) is 5.01. The predicted octanol–water partition coefficient (Wildman–Crippen LogP) is 1.36. The lowest BCUT2D eigenvalue weighted by molar-refractivity contribution is -0.116. The van der Waals surface area contributed by atoms with Gasteiger partial charge in [0.1, 0.15) is 22.8 Å². The highest BCUT2D eigenvalue weighted by Crippen LogP contribution is 2.31. The lowest BCUT2D eigenvalue weighted by Crippen LogP contribution is -2.37. The van der Waals surface area contributed by atoms with Crippen molar-refractivity contribution in [2.75, 3.05) is 19.0 Å². The van der Waals surface area contributed by atoms with Gasteiger partial charge in [0, 0.05) is 0 Å². The summed E-state index contributed by atoms with van der Waals surface area (Å²) >= 11 is 0. The van der Waals surface area contributed by atoms with Crippen LogP contribution < -0.4 is 5.32 Å². The molecule has 2 amide bonds. The van der Waals surface area contributed by atoms with Crippen molar-refractivity contribution in [3.63, 3.8) is 0 Å². The van der Waals surface area contributed by atoms with Gasteiger partial charge in [-0.1, -0.05) is 12.1 Å². The summed E-state index contributed by atoms with van der Waals surface area (Å²) in [5.74, 6) is -3.48. The minimum atomic E-state index is -4.18. The first-order valence-electron chi connectivity index (χ1n) is 8.28. The molecular formula is C18H16N2O8S. The Morgan fingerprint density at radius 3 is 2.41 bits per heavy atom. The third kappa shape index (κ3) is 3.29. The molecule has 1 aliphatic rings. The molecule has 1 aromatic heterocycles. The standard InChI is InChI=1S/C18H16N2O8S/c1-9(21)14-10(2)28-16(15(14)18(24)27-3)19-13(22)8-20-17(23)11-6-4-5-7-12(11)29(20,25)26/h4-7H,8H2,1-3H3,(H,19,22). The van der Waals surface area contributed by atoms with Gasteiger partial charge in [-0.15, -0.1) is 0 Å². The monoisotopic (exact) mass is 420 g/mol. The SMILES string of the molecule is COC(=O)c1c(NC(=O)CN2C(=O)c3ccccc3S2(=O)=O)oc(C)c1C(C)=O. The molecule has 1 aliphatic heterocycles. The first-order valence-corrected chi connectivity index (χ1v) is 9.72. The number of ether oxygens (including phenoxy) is 1. The quantitative estimate of drug-likeness (QED) is 0.565. The summed E-state index contributed by atoms with van der Waals surface area (Å²) in [4.78, 5) is 48.5. The van der Waals surface area contributed by atoms with E-state index in [2.05, 4.69) is 10.1 Å². The van der Waals surface area contributed by atoms with Crippen LogP contribution in [0.4, 0.5) is 5.88 Å². The molecule has 10 nitrogen and oxygen atoms in total. The average molecular weight is 420 g/mol. The fraction of sp³-hybridized carbons (Fsp3) is 0.222. The largest absolute Gasteiger partial charge is 0.465 e. The Bertz CT molecular complexity index is 1160. The van der Waals surface area contributed by atoms with Gasteiger partial charge in [-0.25, -0.2) is 17.5 Å². The smallest absolute Gasteiger partial charge is 0.344 e. The molecule has 152 valence electrons. The molecule has 0 bridgehead atoms. The molecule has 0 saturated carbocycles. The van der Waals surface area contributed by atoms with E-state index in [-0.39, 0.29) is 33.2 Å². The van der Waals surface area contributed by atoms with Gasteiger partial charge in [0.05, 0.1) is 18.2 Å². The number of furan rings is 1. The van der Waals surface area contributed by atoms with E-state index in [1.54, 1.807) is 0 Å². The number of Topliss-reactive ketones (excluding diaryl/α,β-unsaturated/α-hetero) is 1. The van der Waals surface area contributed by atoms with Gasteiger partial charge in [0.25, 0.3) is 15.9 Å². The van der Waals surface area contributed by atoms with E-state index in [9.17, 15) is 27.6 Å². The number of hydrogen-bond donors (Lipinski definition) is 1. The summed E-state index contributed by atoms with van der Waals surface area (Å²) < 4.78 is 35.4. The summed E-state index contributed by atoms with van der Waals surface area (Å²) in [7, 11) is -3.09. The fourth-order valence-corrected chi connectivity index (χ4v) is 4.56. The van der Waals surface area contributed by atoms with E-state index < -0.39 is 40.1 Å². The Morgan fingerprint density at radius 2 is 1.83 bits per heavy atom. The fourth-order valence-electron chi connectivity index (χ4n) is 3.04. The van der Waals surface area contributed by atoms with Crippen LogP contribution in [-0.2, 0) is 19.6 Å². The molecule has 29 heavy (non-hydrogen) atoms. The number of methoxy groups -OCH3 is 1. The molecule has 11 heteroatoms. The van der Waals surface area contributed by atoms with Gasteiger partial charge < -0.3 is 9.15 Å². The number of carbonyl (C=O) groups is 4. The summed E-state index contributed by atoms with van der Waals surface area (Å²) in [6.07, 6.45) is 0. The van der Waals surface area contributed by atoms with E-state index in [4.69, 9.17) is 4.42 Å². The van der Waals surface area contributed by atoms with Crippen LogP contribution in [0.25, 0.3) is 0 Å². The number of amides is 2. The molecule has 0 atom stereocenters. The Balaban J connectivity index is 1.90. The molecular weight excluding hydrogens is 404 g/mol. The molecule has 0 saturated heterocycles. The zero-order chi connectivity index (χ0) is 21.5. The Morgan fingerprint density at radius 1 is 1.17 bits per heavy atom. The van der Waals surface area contributed by atoms with Crippen molar-refractivity contribution in [1.29, 1.82) is 0 Å². The number of carbonyl (C=O) groups excluding carboxylic acids is 4. The van der Waals surface area contributed by atoms with Gasteiger partial charge in [0.2, 0.25) is 11.8 Å². The number of nitrogens with zero attached hydrogens (tertiary/aromatic N) is 1. The molecule has 3 rings (SSSR count). The third-order valence-corrected chi connectivity index (χ3v) is 6.07. The summed E-state index contributed by atoms with van der Waals surface area (Å²) in [5.41, 5.74) is -0.391. The maximum absolute atomic E-state index is 12.5. The number of ketones is 1. The Labute approximate surface area is 165 Å². The van der Waals surface area contributed by atoms with Crippen LogP contribution in [0.15, 0.2) is 33.6 Å². The van der Waals surface area contributed by atoms with Crippen LogP contribution in [0.5, 0.6) is 0 Å². The number of rotatable bonds is 5. The molecule has 0 aliphatic carbocycles. The lowest BCUT2D eigenvalue weighted by Gasteiger charge is -2.14. The first kappa shape index (κ1) is 20.3. The zero-order valence-electron chi connectivity index (χ0n) is 15.6. The number of benzene rings is 1. The number of fused-ring (bicyclic) bond motifs is 1. The van der Waals surface area contributed by atoms with Gasteiger partial charge in [-0.05, 0) is 26.0 Å². The summed E-state index contributed by atoms with van der Waals surface area (Å²) in [6, 6.07) is 5.58. The first-order chi connectivity index (χ1) is 13.6. The maximum atomic E-state index is 12.5. The molecule has 2 aromatic rings. The topological polar surface area (TPSA) is 140 Å². The third-order valence-electron chi connectivity index (χ3n) is 4.28. The minimum absolute atomic E-state index is 0.0386. The van der Waals surface area contributed by atoms with E-state index >= 15 is 0 Å². The van der Waals surface area contributed by atoms with Crippen molar-refractivity contribution < 1.29 is 36.7 Å². The van der Waals surface area contributed by atoms with E-state index in [1.807, 2.05) is 0 Å². The molecule has 0 fully saturated rings. The van der Waals surface area contributed by atoms with Crippen molar-refractivity contribution in [1.82, 2.24) is 4.31 Å². The highest BCUT2D eigenvalue weighted by molar-refractivity contribution is 7.90. The molecule has 0 spiro atoms. The van der Waals surface area contributed by atoms with E-state index in [0.29, 0.717) is 4.31 Å². The number of sulfonamides is 1. The molecule has 1 aromatic carbocycles. The average Bonchev–Trinajstić information content (AvgIpc) is 3.08. The number of hydrogen-bond acceptors (Lipinski definition) is 8. The van der Waals surface area contributed by atoms with E-state index in [0.717, 1.165) is 7.11 Å². The molecule has 0 unspecified atom stereocenters. The molecule has 0 radical (unpaired) electrons. The highest BCUT2D eigenvalue weighted by atomic mass is 32.2. The summed E-state index contributed by atoms with van der Waals surface area (Å²) in [6.45, 7) is 1.79. The second-order valence-electron chi connectivity index (χ2n) is 6.15. The van der Waals surface area contributed by atoms with Gasteiger partial charge in [-0.2, -0.15) is 0 Å². The second-order valence-corrected chi connectivity index (χ2v) is 7.98. The Hall–Kier alpha value is -3.47. The normalized spacial score (nSPS) is 14.4. The minimum Gasteiger partial charge on any atom is -0.465 e. The van der Waals surface area contributed by atoms with Crippen molar-refractivity contribution in [3.05, 3.63) is 46.7 Å². The van der Waals surface area contributed by atoms with Gasteiger partial charge in [0.15, 0.2) is 5.78 Å². The van der Waals surface area contributed by atoms with Gasteiger partial charge >= 0.3 is 5.97 Å². The number of aryl methyl sites for hydroxylation is 1. The van der Waals surface area contributed by atoms with Crippen molar-refractivity contribution in [2.24, 2.45) is 0 Å². The number of nitrogens with one attached hydrogen (secondary N) is 1. The predicted molar refractivity (Wildman–Crippen MR) is 98.1 cm³/mol. The number of esters is 1. The van der Waals surface area contributed by atoms with Crippen LogP contribution in [0.2, 0.25) is 0 Å². The second kappa shape index (κ2) is 7.17. The van der Waals surface area contributed by atoms with Gasteiger partial charge in [-0.3, -0.25) is 19.7 Å². The summed E-state index contributed by atoms with van der Waals surface area (Å²) in [5, 5.41) is 2.24.